The van der Waals surface area contributed by atoms with E-state index in [1.807, 2.05) is 38.1 Å². The lowest BCUT2D eigenvalue weighted by Gasteiger charge is -2.13. The summed E-state index contributed by atoms with van der Waals surface area (Å²) in [5.41, 5.74) is 1.81. The van der Waals surface area contributed by atoms with Gasteiger partial charge >= 0.3 is 0 Å². The van der Waals surface area contributed by atoms with Crippen molar-refractivity contribution in [1.29, 1.82) is 0 Å². The first-order valence-corrected chi connectivity index (χ1v) is 12.0. The standard InChI is InChI=1S/C20H20Br4N2O4/c1-11-5-13(21)7-15(23)19(11)29-9-17(27)25-3-4-26-18(28)10-30-20-12(2)6-14(22)8-16(20)24/h5-8H,3-4,9-10H2,1-2H3,(H,25,27)(H,26,28). The van der Waals surface area contributed by atoms with Crippen molar-refractivity contribution in [1.82, 2.24) is 10.6 Å². The summed E-state index contributed by atoms with van der Waals surface area (Å²) < 4.78 is 14.5. The Morgan fingerprint density at radius 3 is 1.43 bits per heavy atom. The zero-order valence-corrected chi connectivity index (χ0v) is 22.6. The van der Waals surface area contributed by atoms with Gasteiger partial charge in [-0.15, -0.1) is 0 Å². The van der Waals surface area contributed by atoms with E-state index in [1.165, 1.54) is 0 Å². The van der Waals surface area contributed by atoms with Crippen LogP contribution in [0.2, 0.25) is 0 Å². The minimum Gasteiger partial charge on any atom is -0.482 e. The van der Waals surface area contributed by atoms with Crippen molar-refractivity contribution >= 4 is 75.5 Å². The molecular weight excluding hydrogens is 652 g/mol. The van der Waals surface area contributed by atoms with Crippen LogP contribution in [0, 0.1) is 13.8 Å². The van der Waals surface area contributed by atoms with E-state index < -0.39 is 0 Å². The molecule has 2 aromatic carbocycles. The molecule has 2 aromatic rings. The molecule has 0 aromatic heterocycles. The molecule has 0 fully saturated rings. The molecule has 162 valence electrons. The van der Waals surface area contributed by atoms with Gasteiger partial charge in [0.2, 0.25) is 0 Å². The fourth-order valence-corrected chi connectivity index (χ4v) is 5.63. The molecule has 0 heterocycles. The molecule has 0 aliphatic heterocycles. The van der Waals surface area contributed by atoms with Gasteiger partial charge < -0.3 is 20.1 Å². The van der Waals surface area contributed by atoms with Crippen LogP contribution in [0.25, 0.3) is 0 Å². The number of rotatable bonds is 9. The zero-order valence-electron chi connectivity index (χ0n) is 16.3. The van der Waals surface area contributed by atoms with E-state index in [4.69, 9.17) is 9.47 Å². The summed E-state index contributed by atoms with van der Waals surface area (Å²) in [7, 11) is 0. The lowest BCUT2D eigenvalue weighted by atomic mass is 10.2. The Morgan fingerprint density at radius 2 is 1.10 bits per heavy atom. The number of nitrogens with one attached hydrogen (secondary N) is 2. The summed E-state index contributed by atoms with van der Waals surface area (Å²) in [5.74, 6) is 0.690. The molecule has 0 radical (unpaired) electrons. The predicted octanol–water partition coefficient (Wildman–Crippen LogP) is 5.04. The van der Waals surface area contributed by atoms with E-state index in [-0.39, 0.29) is 38.1 Å². The average molecular weight is 672 g/mol. The van der Waals surface area contributed by atoms with Crippen molar-refractivity contribution in [2.24, 2.45) is 0 Å². The van der Waals surface area contributed by atoms with Crippen LogP contribution in [-0.2, 0) is 9.59 Å². The molecule has 0 spiro atoms. The third-order valence-electron chi connectivity index (χ3n) is 3.85. The number of aryl methyl sites for hydroxylation is 2. The van der Waals surface area contributed by atoms with E-state index in [0.717, 1.165) is 29.0 Å². The molecule has 6 nitrogen and oxygen atoms in total. The number of benzene rings is 2. The van der Waals surface area contributed by atoms with Gasteiger partial charge in [0.25, 0.3) is 11.8 Å². The summed E-state index contributed by atoms with van der Waals surface area (Å²) in [6.07, 6.45) is 0. The van der Waals surface area contributed by atoms with Gasteiger partial charge in [0.05, 0.1) is 8.95 Å². The Hall–Kier alpha value is -1.10. The van der Waals surface area contributed by atoms with Crippen LogP contribution >= 0.6 is 63.7 Å². The fraction of sp³-hybridized carbons (Fsp3) is 0.300. The van der Waals surface area contributed by atoms with Gasteiger partial charge in [-0.1, -0.05) is 31.9 Å². The summed E-state index contributed by atoms with van der Waals surface area (Å²) in [4.78, 5) is 23.9. The van der Waals surface area contributed by atoms with Gasteiger partial charge in [-0.2, -0.15) is 0 Å². The van der Waals surface area contributed by atoms with Gasteiger partial charge in [-0.3, -0.25) is 9.59 Å². The Kier molecular flexibility index (Phi) is 10.1. The fourth-order valence-electron chi connectivity index (χ4n) is 2.52. The smallest absolute Gasteiger partial charge is 0.258 e. The van der Waals surface area contributed by atoms with Crippen molar-refractivity contribution in [2.75, 3.05) is 26.3 Å². The molecule has 30 heavy (non-hydrogen) atoms. The second-order valence-electron chi connectivity index (χ2n) is 6.34. The maximum absolute atomic E-state index is 12.0. The highest BCUT2D eigenvalue weighted by Crippen LogP contribution is 2.33. The number of carbonyl (C=O) groups is 2. The molecule has 0 aliphatic rings. The van der Waals surface area contributed by atoms with Crippen LogP contribution in [0.5, 0.6) is 11.5 Å². The normalized spacial score (nSPS) is 10.5. The summed E-state index contributed by atoms with van der Waals surface area (Å²) in [5, 5.41) is 5.40. The highest BCUT2D eigenvalue weighted by molar-refractivity contribution is 9.11. The summed E-state index contributed by atoms with van der Waals surface area (Å²) in [6.45, 7) is 4.14. The molecule has 2 N–H and O–H groups in total. The molecule has 0 saturated heterocycles. The molecule has 0 atom stereocenters. The maximum atomic E-state index is 12.0. The van der Waals surface area contributed by atoms with Crippen molar-refractivity contribution in [2.45, 2.75) is 13.8 Å². The van der Waals surface area contributed by atoms with E-state index in [2.05, 4.69) is 74.4 Å². The van der Waals surface area contributed by atoms with Crippen LogP contribution in [-0.4, -0.2) is 38.1 Å². The average Bonchev–Trinajstić information content (AvgIpc) is 2.63. The Bertz CT molecular complexity index is 816. The molecule has 2 amide bonds. The number of carbonyl (C=O) groups excluding carboxylic acids is 2. The quantitative estimate of drug-likeness (QED) is 0.367. The third kappa shape index (κ3) is 7.86. The number of hydrogen-bond acceptors (Lipinski definition) is 4. The molecule has 10 heteroatoms. The number of amides is 2. The summed E-state index contributed by atoms with van der Waals surface area (Å²) >= 11 is 13.6. The lowest BCUT2D eigenvalue weighted by Crippen LogP contribution is -2.38. The molecule has 0 aliphatic carbocycles. The Balaban J connectivity index is 1.67. The molecule has 0 saturated carbocycles. The Labute approximate surface area is 209 Å². The van der Waals surface area contributed by atoms with E-state index in [0.29, 0.717) is 11.5 Å². The summed E-state index contributed by atoms with van der Waals surface area (Å²) in [6, 6.07) is 7.52. The monoisotopic (exact) mass is 668 g/mol. The minimum atomic E-state index is -0.274. The van der Waals surface area contributed by atoms with Crippen molar-refractivity contribution in [3.63, 3.8) is 0 Å². The number of hydrogen-bond donors (Lipinski definition) is 2. The predicted molar refractivity (Wildman–Crippen MR) is 130 cm³/mol. The van der Waals surface area contributed by atoms with Gasteiger partial charge in [0, 0.05) is 22.0 Å². The van der Waals surface area contributed by atoms with Crippen molar-refractivity contribution in [3.05, 3.63) is 53.3 Å². The van der Waals surface area contributed by atoms with Crippen LogP contribution < -0.4 is 20.1 Å². The molecule has 0 bridgehead atoms. The number of ether oxygens (including phenoxy) is 2. The van der Waals surface area contributed by atoms with Crippen molar-refractivity contribution < 1.29 is 19.1 Å². The van der Waals surface area contributed by atoms with Crippen molar-refractivity contribution in [3.8, 4) is 11.5 Å². The first-order chi connectivity index (χ1) is 14.2. The minimum absolute atomic E-state index is 0.116. The van der Waals surface area contributed by atoms with Crippen LogP contribution in [0.1, 0.15) is 11.1 Å². The topological polar surface area (TPSA) is 76.7 Å². The van der Waals surface area contributed by atoms with Crippen LogP contribution in [0.15, 0.2) is 42.2 Å². The van der Waals surface area contributed by atoms with Gasteiger partial charge in [-0.25, -0.2) is 0 Å². The highest BCUT2D eigenvalue weighted by atomic mass is 79.9. The molecule has 2 rings (SSSR count). The van der Waals surface area contributed by atoms with E-state index in [1.54, 1.807) is 0 Å². The molecule has 0 unspecified atom stereocenters. The first kappa shape index (κ1) is 25.2. The maximum Gasteiger partial charge on any atom is 0.258 e. The van der Waals surface area contributed by atoms with Crippen LogP contribution in [0.4, 0.5) is 0 Å². The van der Waals surface area contributed by atoms with Gasteiger partial charge in [0.1, 0.15) is 11.5 Å². The lowest BCUT2D eigenvalue weighted by molar-refractivity contribution is -0.124. The molecular formula is C20H20Br4N2O4. The van der Waals surface area contributed by atoms with E-state index in [9.17, 15) is 9.59 Å². The van der Waals surface area contributed by atoms with Crippen LogP contribution in [0.3, 0.4) is 0 Å². The van der Waals surface area contributed by atoms with Gasteiger partial charge in [0.15, 0.2) is 13.2 Å². The second kappa shape index (κ2) is 12.1. The zero-order chi connectivity index (χ0) is 22.3. The second-order valence-corrected chi connectivity index (χ2v) is 9.88. The van der Waals surface area contributed by atoms with Gasteiger partial charge in [-0.05, 0) is 81.1 Å². The Morgan fingerprint density at radius 1 is 0.733 bits per heavy atom. The highest BCUT2D eigenvalue weighted by Gasteiger charge is 2.11. The SMILES string of the molecule is Cc1cc(Br)cc(Br)c1OCC(=O)NCCNC(=O)COc1c(C)cc(Br)cc1Br. The number of halogens is 4. The largest absolute Gasteiger partial charge is 0.482 e. The third-order valence-corrected chi connectivity index (χ3v) is 5.95. The first-order valence-electron chi connectivity index (χ1n) is 8.87. The van der Waals surface area contributed by atoms with E-state index >= 15 is 0 Å².